The third kappa shape index (κ3) is 15.9. The summed E-state index contributed by atoms with van der Waals surface area (Å²) in [7, 11) is 0. The summed E-state index contributed by atoms with van der Waals surface area (Å²) in [6.45, 7) is 13.8. The van der Waals surface area contributed by atoms with Gasteiger partial charge in [0.05, 0.1) is 51.0 Å². The highest BCUT2D eigenvalue weighted by molar-refractivity contribution is 7.99. The van der Waals surface area contributed by atoms with Crippen LogP contribution in [0.15, 0.2) is 36.7 Å². The van der Waals surface area contributed by atoms with Crippen LogP contribution in [0.2, 0.25) is 0 Å². The number of hydrogen-bond donors (Lipinski definition) is 12. The largest absolute Gasteiger partial charge is 0.394 e. The maximum absolute atomic E-state index is 13.4. The Kier molecular flexibility index (Phi) is 24.1. The molecule has 72 heavy (non-hydrogen) atoms. The van der Waals surface area contributed by atoms with Crippen LogP contribution in [0.25, 0.3) is 0 Å². The molecule has 20 atom stereocenters. The molecule has 12 rings (SSSR count). The van der Waals surface area contributed by atoms with Crippen LogP contribution in [0, 0.1) is 11.8 Å². The van der Waals surface area contributed by atoms with E-state index in [0.717, 1.165) is 5.57 Å². The normalized spacial score (nSPS) is 39.7. The van der Waals surface area contributed by atoms with E-state index in [1.807, 2.05) is 6.92 Å². The molecule has 1 amide bonds. The number of aliphatic hydroxyl groups is 10. The average Bonchev–Trinajstić information content (AvgIpc) is 3.36. The van der Waals surface area contributed by atoms with E-state index in [-0.39, 0.29) is 38.9 Å². The molecular formula is C48H81N3O19S2. The van der Waals surface area contributed by atoms with Gasteiger partial charge in [0.2, 0.25) is 5.91 Å². The highest BCUT2D eigenvalue weighted by Crippen LogP contribution is 2.38. The first kappa shape index (κ1) is 59.5. The number of allylic oxidation sites excluding steroid dienone is 3. The summed E-state index contributed by atoms with van der Waals surface area (Å²) in [6, 6.07) is 0. The summed E-state index contributed by atoms with van der Waals surface area (Å²) < 4.78 is 47.2. The van der Waals surface area contributed by atoms with Gasteiger partial charge in [0, 0.05) is 54.4 Å². The number of hydrogen-bond acceptors (Lipinski definition) is 23. The van der Waals surface area contributed by atoms with Gasteiger partial charge in [-0.1, -0.05) is 31.6 Å². The maximum atomic E-state index is 13.4. The molecule has 12 saturated heterocycles. The molecule has 12 N–H and O–H groups in total. The van der Waals surface area contributed by atoms with Crippen molar-refractivity contribution in [3.8, 4) is 0 Å². The number of ether oxygens (including phenoxy) is 8. The van der Waals surface area contributed by atoms with Crippen molar-refractivity contribution in [2.24, 2.45) is 11.8 Å². The average molecular weight is 1070 g/mol. The summed E-state index contributed by atoms with van der Waals surface area (Å²) in [6.07, 6.45) is -17.0. The van der Waals surface area contributed by atoms with Crippen molar-refractivity contribution < 1.29 is 93.8 Å². The van der Waals surface area contributed by atoms with Gasteiger partial charge in [-0.2, -0.15) is 23.5 Å². The van der Waals surface area contributed by atoms with Crippen molar-refractivity contribution in [1.82, 2.24) is 15.5 Å². The molecule has 0 aromatic rings. The lowest BCUT2D eigenvalue weighted by molar-refractivity contribution is -0.354. The molecular weight excluding hydrogens is 987 g/mol. The number of nitrogens with zero attached hydrogens (tertiary/aromatic N) is 1. The quantitative estimate of drug-likeness (QED) is 0.0362. The van der Waals surface area contributed by atoms with Crippen molar-refractivity contribution in [2.75, 3.05) is 62.8 Å². The van der Waals surface area contributed by atoms with Gasteiger partial charge in [-0.25, -0.2) is 0 Å². The Morgan fingerprint density at radius 3 is 1.33 bits per heavy atom. The summed E-state index contributed by atoms with van der Waals surface area (Å²) in [5.74, 6) is 1.09. The van der Waals surface area contributed by atoms with Crippen molar-refractivity contribution in [2.45, 2.75) is 182 Å². The Bertz CT molecular complexity index is 1610. The fraction of sp³-hybridized carbons (Fsp3) is 0.854. The minimum atomic E-state index is -1.52. The standard InChI is InChI=1S/C48H81N3O19S2/c1-25(2)11-12-34(54)51(23-49-26(3)13-17-71-21-32-28-9-5-7-15-63-45-41(61)37(57)43(30(19-52)65-45)69-47(67-32)39(59)35(28)55)24-50-27(4)14-18-72-22-33-29-10-6-8-16-64-46-42(62)38(58)44(31(20-53)66-46)70-48(68-33)40(60)36(29)56/h28-33,35-50,52-53,55-62H,1,3-24H2,2H3/t28?,29?,30?,31?,32?,33?,35?,36?,37?,38?,39?,40?,41?,42?,43?,44?,45-,46-,47+,48+/m1/s1. The zero-order valence-corrected chi connectivity index (χ0v) is 42.9. The smallest absolute Gasteiger partial charge is 0.225 e. The number of amides is 1. The summed E-state index contributed by atoms with van der Waals surface area (Å²) >= 11 is 3.11. The number of carbonyl (C=O) groups excluding carboxylic acids is 1. The molecule has 12 heterocycles. The van der Waals surface area contributed by atoms with E-state index in [9.17, 15) is 55.9 Å². The zero-order valence-electron chi connectivity index (χ0n) is 41.2. The molecule has 24 heteroatoms. The highest BCUT2D eigenvalue weighted by atomic mass is 32.2. The lowest BCUT2D eigenvalue weighted by Gasteiger charge is -2.47. The van der Waals surface area contributed by atoms with Crippen LogP contribution in [-0.2, 0) is 42.7 Å². The molecule has 8 bridgehead atoms. The van der Waals surface area contributed by atoms with Crippen LogP contribution in [-0.4, -0.2) is 235 Å². The van der Waals surface area contributed by atoms with E-state index in [1.165, 1.54) is 0 Å². The third-order valence-electron chi connectivity index (χ3n) is 14.2. The second-order valence-electron chi connectivity index (χ2n) is 19.6. The van der Waals surface area contributed by atoms with E-state index in [0.29, 0.717) is 92.2 Å². The SMILES string of the molecule is C=C(C)CCC(=O)N(CNC(=C)CCSCC1O[C@H]2OC3C(CO)O[C@@H](OCCCCC1C(O)C2O)C(O)C3O)CNC(=C)CCSCC1O[C@H]2OC3C(CO)O[C@@H](OCCCCC1C(O)C2O)C(O)C3O. The van der Waals surface area contributed by atoms with Crippen LogP contribution in [0.4, 0.5) is 0 Å². The van der Waals surface area contributed by atoms with E-state index in [4.69, 9.17) is 37.9 Å². The van der Waals surface area contributed by atoms with Crippen LogP contribution in [0.1, 0.15) is 71.1 Å². The maximum Gasteiger partial charge on any atom is 0.225 e. The van der Waals surface area contributed by atoms with E-state index >= 15 is 0 Å². The highest BCUT2D eigenvalue weighted by Gasteiger charge is 2.53. The van der Waals surface area contributed by atoms with Gasteiger partial charge in [0.25, 0.3) is 0 Å². The number of carbonyl (C=O) groups is 1. The predicted octanol–water partition coefficient (Wildman–Crippen LogP) is -1.29. The fourth-order valence-corrected chi connectivity index (χ4v) is 12.0. The number of thioether (sulfide) groups is 2. The van der Waals surface area contributed by atoms with Crippen LogP contribution in [0.5, 0.6) is 0 Å². The number of rotatable bonds is 21. The Balaban J connectivity index is 0.962. The molecule has 0 aromatic carbocycles. The third-order valence-corrected chi connectivity index (χ3v) is 16.3. The Morgan fingerprint density at radius 1 is 0.528 bits per heavy atom. The summed E-state index contributed by atoms with van der Waals surface area (Å²) in [5.41, 5.74) is 2.26. The van der Waals surface area contributed by atoms with Crippen molar-refractivity contribution in [3.05, 3.63) is 36.7 Å². The van der Waals surface area contributed by atoms with Crippen molar-refractivity contribution >= 4 is 29.4 Å². The van der Waals surface area contributed by atoms with Gasteiger partial charge in [-0.15, -0.1) is 6.58 Å². The minimum Gasteiger partial charge on any atom is -0.394 e. The van der Waals surface area contributed by atoms with E-state index in [2.05, 4.69) is 30.4 Å². The van der Waals surface area contributed by atoms with E-state index < -0.39 is 136 Å². The van der Waals surface area contributed by atoms with Gasteiger partial charge < -0.3 is 104 Å². The number of aliphatic hydroxyl groups excluding tert-OH is 10. The Labute approximate surface area is 430 Å². The molecule has 0 aromatic heterocycles. The molecule has 0 radical (unpaired) electrons. The minimum absolute atomic E-state index is 0.104. The summed E-state index contributed by atoms with van der Waals surface area (Å²) in [5, 5.41) is 115. The van der Waals surface area contributed by atoms with Crippen LogP contribution >= 0.6 is 23.5 Å². The second kappa shape index (κ2) is 29.1. The molecule has 414 valence electrons. The van der Waals surface area contributed by atoms with Gasteiger partial charge >= 0.3 is 0 Å². The number of nitrogens with one attached hydrogen (secondary N) is 2. The van der Waals surface area contributed by atoms with Gasteiger partial charge in [0.1, 0.15) is 61.0 Å². The second-order valence-corrected chi connectivity index (χ2v) is 21.9. The molecule has 22 nitrogen and oxygen atoms in total. The molecule has 0 aliphatic carbocycles. The van der Waals surface area contributed by atoms with E-state index in [1.54, 1.807) is 28.4 Å². The summed E-state index contributed by atoms with van der Waals surface area (Å²) in [4.78, 5) is 15.1. The Hall–Kier alpha value is -1.73. The van der Waals surface area contributed by atoms with Gasteiger partial charge in [-0.05, 0) is 63.4 Å². The molecule has 12 aliphatic heterocycles. The monoisotopic (exact) mass is 1070 g/mol. The van der Waals surface area contributed by atoms with Crippen LogP contribution < -0.4 is 10.6 Å². The topological polar surface area (TPSA) is 321 Å². The lowest BCUT2D eigenvalue weighted by Crippen LogP contribution is -2.63. The van der Waals surface area contributed by atoms with Crippen molar-refractivity contribution in [1.29, 1.82) is 0 Å². The Morgan fingerprint density at radius 2 is 0.931 bits per heavy atom. The fourth-order valence-electron chi connectivity index (χ4n) is 9.72. The molecule has 0 spiro atoms. The van der Waals surface area contributed by atoms with Crippen molar-refractivity contribution in [3.63, 3.8) is 0 Å². The van der Waals surface area contributed by atoms with Crippen LogP contribution in [0.3, 0.4) is 0 Å². The zero-order chi connectivity index (χ0) is 52.1. The molecule has 16 unspecified atom stereocenters. The first-order chi connectivity index (χ1) is 34.5. The first-order valence-corrected chi connectivity index (χ1v) is 27.6. The predicted molar refractivity (Wildman–Crippen MR) is 262 cm³/mol. The van der Waals surface area contributed by atoms with Gasteiger partial charge in [0.15, 0.2) is 25.2 Å². The lowest BCUT2D eigenvalue weighted by atomic mass is 9.85. The molecule has 12 fully saturated rings. The van der Waals surface area contributed by atoms with Gasteiger partial charge in [-0.3, -0.25) is 4.79 Å². The molecule has 12 aliphatic rings. The molecule has 0 saturated carbocycles. The first-order valence-electron chi connectivity index (χ1n) is 25.3.